The molecule has 0 aliphatic carbocycles. The van der Waals surface area contributed by atoms with Crippen molar-refractivity contribution in [1.82, 2.24) is 14.8 Å². The van der Waals surface area contributed by atoms with Crippen LogP contribution in [0, 0.1) is 17.0 Å². The standard InChI is InChI=1S/C20H21ClN6O2/c1-14-23-24-20(26(14)17-8-6-15(21)7-9-17)25-12-10-16(11-13-25)22-18-4-2-3-5-19(18)27(28)29/h2-9,16,22H,10-13H2,1H3. The molecule has 0 atom stereocenters. The molecule has 1 N–H and O–H groups in total. The molecule has 9 heteroatoms. The number of nitro benzene ring substituents is 1. The second-order valence-electron chi connectivity index (χ2n) is 7.04. The number of aryl methyl sites for hydroxylation is 1. The van der Waals surface area contributed by atoms with Gasteiger partial charge in [0.2, 0.25) is 5.95 Å². The molecule has 4 rings (SSSR count). The van der Waals surface area contributed by atoms with E-state index in [0.29, 0.717) is 10.7 Å². The van der Waals surface area contributed by atoms with Crippen molar-refractivity contribution < 1.29 is 4.92 Å². The van der Waals surface area contributed by atoms with E-state index in [0.717, 1.165) is 43.4 Å². The summed E-state index contributed by atoms with van der Waals surface area (Å²) in [4.78, 5) is 13.1. The third kappa shape index (κ3) is 4.02. The third-order valence-electron chi connectivity index (χ3n) is 5.13. The van der Waals surface area contributed by atoms with Gasteiger partial charge in [-0.15, -0.1) is 10.2 Å². The first-order chi connectivity index (χ1) is 14.0. The normalized spacial score (nSPS) is 14.8. The molecule has 29 heavy (non-hydrogen) atoms. The van der Waals surface area contributed by atoms with E-state index in [1.807, 2.05) is 41.8 Å². The summed E-state index contributed by atoms with van der Waals surface area (Å²) >= 11 is 6.01. The smallest absolute Gasteiger partial charge is 0.292 e. The number of para-hydroxylation sites is 2. The van der Waals surface area contributed by atoms with E-state index in [1.165, 1.54) is 6.07 Å². The quantitative estimate of drug-likeness (QED) is 0.498. The molecule has 1 fully saturated rings. The van der Waals surface area contributed by atoms with Crippen LogP contribution in [0.2, 0.25) is 5.02 Å². The van der Waals surface area contributed by atoms with Crippen molar-refractivity contribution in [3.63, 3.8) is 0 Å². The Hall–Kier alpha value is -3.13. The summed E-state index contributed by atoms with van der Waals surface area (Å²) in [5, 5.41) is 23.9. The second kappa shape index (κ2) is 8.08. The monoisotopic (exact) mass is 412 g/mol. The number of rotatable bonds is 5. The van der Waals surface area contributed by atoms with Crippen LogP contribution in [-0.2, 0) is 0 Å². The van der Waals surface area contributed by atoms with E-state index >= 15 is 0 Å². The molecule has 0 spiro atoms. The number of hydrogen-bond donors (Lipinski definition) is 1. The molecule has 3 aromatic rings. The predicted molar refractivity (Wildman–Crippen MR) is 113 cm³/mol. The summed E-state index contributed by atoms with van der Waals surface area (Å²) in [5.41, 5.74) is 1.64. The topological polar surface area (TPSA) is 89.1 Å². The lowest BCUT2D eigenvalue weighted by atomic mass is 10.0. The summed E-state index contributed by atoms with van der Waals surface area (Å²) < 4.78 is 2.02. The van der Waals surface area contributed by atoms with Gasteiger partial charge in [0.15, 0.2) is 0 Å². The molecule has 0 radical (unpaired) electrons. The first-order valence-corrected chi connectivity index (χ1v) is 9.83. The van der Waals surface area contributed by atoms with Crippen molar-refractivity contribution in [2.24, 2.45) is 0 Å². The lowest BCUT2D eigenvalue weighted by Crippen LogP contribution is -2.40. The molecular weight excluding hydrogens is 392 g/mol. The van der Waals surface area contributed by atoms with Crippen LogP contribution in [0.1, 0.15) is 18.7 Å². The van der Waals surface area contributed by atoms with Gasteiger partial charge in [0.05, 0.1) is 10.6 Å². The van der Waals surface area contributed by atoms with Crippen LogP contribution in [0.3, 0.4) is 0 Å². The van der Waals surface area contributed by atoms with E-state index in [-0.39, 0.29) is 16.7 Å². The highest BCUT2D eigenvalue weighted by Crippen LogP contribution is 2.28. The highest BCUT2D eigenvalue weighted by molar-refractivity contribution is 6.30. The number of piperidine rings is 1. The Morgan fingerprint density at radius 3 is 2.48 bits per heavy atom. The molecule has 150 valence electrons. The number of anilines is 2. The lowest BCUT2D eigenvalue weighted by Gasteiger charge is -2.33. The zero-order valence-corrected chi connectivity index (χ0v) is 16.7. The Bertz CT molecular complexity index is 1010. The van der Waals surface area contributed by atoms with E-state index in [2.05, 4.69) is 20.4 Å². The average molecular weight is 413 g/mol. The molecule has 2 heterocycles. The molecule has 1 aliphatic rings. The number of nitro groups is 1. The molecule has 0 unspecified atom stereocenters. The SMILES string of the molecule is Cc1nnc(N2CCC(Nc3ccccc3[N+](=O)[O-])CC2)n1-c1ccc(Cl)cc1. The van der Waals surface area contributed by atoms with Crippen molar-refractivity contribution in [1.29, 1.82) is 0 Å². The highest BCUT2D eigenvalue weighted by atomic mass is 35.5. The van der Waals surface area contributed by atoms with Crippen LogP contribution in [0.25, 0.3) is 5.69 Å². The Morgan fingerprint density at radius 2 is 1.79 bits per heavy atom. The van der Waals surface area contributed by atoms with Gasteiger partial charge in [0.1, 0.15) is 11.5 Å². The van der Waals surface area contributed by atoms with Gasteiger partial charge in [-0.2, -0.15) is 0 Å². The van der Waals surface area contributed by atoms with E-state index < -0.39 is 0 Å². The molecular formula is C20H21ClN6O2. The summed E-state index contributed by atoms with van der Waals surface area (Å²) in [6.07, 6.45) is 1.69. The Balaban J connectivity index is 1.47. The lowest BCUT2D eigenvalue weighted by molar-refractivity contribution is -0.384. The van der Waals surface area contributed by atoms with Gasteiger partial charge in [-0.1, -0.05) is 23.7 Å². The fourth-order valence-corrected chi connectivity index (χ4v) is 3.77. The number of aromatic nitrogens is 3. The Labute approximate surface area is 173 Å². The Morgan fingerprint density at radius 1 is 1.10 bits per heavy atom. The zero-order chi connectivity index (χ0) is 20.4. The molecule has 0 bridgehead atoms. The largest absolute Gasteiger partial charge is 0.377 e. The summed E-state index contributed by atoms with van der Waals surface area (Å²) in [6, 6.07) is 14.5. The first-order valence-electron chi connectivity index (χ1n) is 9.46. The minimum Gasteiger partial charge on any atom is -0.377 e. The third-order valence-corrected chi connectivity index (χ3v) is 5.38. The fourth-order valence-electron chi connectivity index (χ4n) is 3.65. The van der Waals surface area contributed by atoms with Crippen molar-refractivity contribution in [3.05, 3.63) is 69.5 Å². The van der Waals surface area contributed by atoms with Gasteiger partial charge in [-0.3, -0.25) is 14.7 Å². The van der Waals surface area contributed by atoms with E-state index in [4.69, 9.17) is 11.6 Å². The van der Waals surface area contributed by atoms with Gasteiger partial charge < -0.3 is 10.2 Å². The van der Waals surface area contributed by atoms with Gasteiger partial charge in [0.25, 0.3) is 5.69 Å². The zero-order valence-electron chi connectivity index (χ0n) is 16.0. The summed E-state index contributed by atoms with van der Waals surface area (Å²) in [7, 11) is 0. The van der Waals surface area contributed by atoms with Crippen molar-refractivity contribution in [3.8, 4) is 5.69 Å². The minimum absolute atomic E-state index is 0.105. The molecule has 0 amide bonds. The second-order valence-corrected chi connectivity index (χ2v) is 7.48. The maximum absolute atomic E-state index is 11.2. The van der Waals surface area contributed by atoms with Crippen molar-refractivity contribution in [2.75, 3.05) is 23.3 Å². The van der Waals surface area contributed by atoms with Gasteiger partial charge in [0, 0.05) is 30.2 Å². The number of hydrogen-bond acceptors (Lipinski definition) is 6. The molecule has 8 nitrogen and oxygen atoms in total. The van der Waals surface area contributed by atoms with E-state index in [9.17, 15) is 10.1 Å². The number of benzene rings is 2. The molecule has 1 saturated heterocycles. The highest BCUT2D eigenvalue weighted by Gasteiger charge is 2.25. The van der Waals surface area contributed by atoms with Gasteiger partial charge in [-0.05, 0) is 50.1 Å². The van der Waals surface area contributed by atoms with Crippen LogP contribution in [0.5, 0.6) is 0 Å². The minimum atomic E-state index is -0.352. The summed E-state index contributed by atoms with van der Waals surface area (Å²) in [6.45, 7) is 3.49. The molecule has 0 saturated carbocycles. The average Bonchev–Trinajstić information content (AvgIpc) is 3.11. The first kappa shape index (κ1) is 19.2. The van der Waals surface area contributed by atoms with Gasteiger partial charge >= 0.3 is 0 Å². The molecule has 1 aliphatic heterocycles. The Kier molecular flexibility index (Phi) is 5.35. The number of nitrogens with one attached hydrogen (secondary N) is 1. The maximum Gasteiger partial charge on any atom is 0.292 e. The molecule has 2 aromatic carbocycles. The van der Waals surface area contributed by atoms with Crippen molar-refractivity contribution in [2.45, 2.75) is 25.8 Å². The summed E-state index contributed by atoms with van der Waals surface area (Å²) in [5.74, 6) is 1.61. The van der Waals surface area contributed by atoms with Gasteiger partial charge in [-0.25, -0.2) is 0 Å². The predicted octanol–water partition coefficient (Wildman–Crippen LogP) is 4.22. The van der Waals surface area contributed by atoms with Crippen LogP contribution < -0.4 is 10.2 Å². The molecule has 1 aromatic heterocycles. The number of nitrogens with zero attached hydrogens (tertiary/aromatic N) is 5. The van der Waals surface area contributed by atoms with Crippen LogP contribution in [0.15, 0.2) is 48.5 Å². The fraction of sp³-hybridized carbons (Fsp3) is 0.300. The van der Waals surface area contributed by atoms with Crippen molar-refractivity contribution >= 4 is 28.9 Å². The maximum atomic E-state index is 11.2. The van der Waals surface area contributed by atoms with Crippen LogP contribution >= 0.6 is 11.6 Å². The van der Waals surface area contributed by atoms with Crippen LogP contribution in [-0.4, -0.2) is 38.8 Å². The number of halogens is 1. The van der Waals surface area contributed by atoms with E-state index in [1.54, 1.807) is 12.1 Å². The van der Waals surface area contributed by atoms with Crippen LogP contribution in [0.4, 0.5) is 17.3 Å².